The van der Waals surface area contributed by atoms with Crippen molar-refractivity contribution in [2.75, 3.05) is 11.4 Å². The van der Waals surface area contributed by atoms with E-state index in [0.29, 0.717) is 17.8 Å². The minimum atomic E-state index is -4.50. The molecule has 2 bridgehead atoms. The number of fused-ring (bicyclic) bond motifs is 2. The smallest absolute Gasteiger partial charge is 0.337 e. The van der Waals surface area contributed by atoms with Crippen LogP contribution in [0.25, 0.3) is 11.3 Å². The second kappa shape index (κ2) is 5.94. The SMILES string of the molecule is CC1(C)C[C@@H]2C[C@](C)(CN2c2nc(-c3ccccc3)cc(C(F)(F)F)n2)C1. The minimum Gasteiger partial charge on any atom is -0.337 e. The van der Waals surface area contributed by atoms with E-state index in [-0.39, 0.29) is 22.8 Å². The van der Waals surface area contributed by atoms with Gasteiger partial charge in [0.05, 0.1) is 5.69 Å². The second-order valence-electron chi connectivity index (χ2n) is 9.14. The van der Waals surface area contributed by atoms with Crippen molar-refractivity contribution in [1.82, 2.24) is 9.97 Å². The molecule has 0 unspecified atom stereocenters. The monoisotopic (exact) mass is 375 g/mol. The van der Waals surface area contributed by atoms with Crippen LogP contribution in [-0.2, 0) is 6.18 Å². The molecule has 1 saturated carbocycles. The number of rotatable bonds is 2. The summed E-state index contributed by atoms with van der Waals surface area (Å²) in [7, 11) is 0. The Morgan fingerprint density at radius 1 is 1.04 bits per heavy atom. The maximum atomic E-state index is 13.5. The van der Waals surface area contributed by atoms with Crippen molar-refractivity contribution < 1.29 is 13.2 Å². The van der Waals surface area contributed by atoms with Crippen LogP contribution in [0.15, 0.2) is 36.4 Å². The third-order valence-corrected chi connectivity index (χ3v) is 5.75. The first kappa shape index (κ1) is 18.3. The summed E-state index contributed by atoms with van der Waals surface area (Å²) >= 11 is 0. The summed E-state index contributed by atoms with van der Waals surface area (Å²) in [4.78, 5) is 10.5. The first-order valence-electron chi connectivity index (χ1n) is 9.33. The lowest BCUT2D eigenvalue weighted by molar-refractivity contribution is -0.141. The van der Waals surface area contributed by atoms with Crippen LogP contribution in [-0.4, -0.2) is 22.6 Å². The molecule has 2 heterocycles. The van der Waals surface area contributed by atoms with Gasteiger partial charge in [0.1, 0.15) is 0 Å². The molecule has 2 aliphatic rings. The summed E-state index contributed by atoms with van der Waals surface area (Å²) in [6.45, 7) is 7.41. The van der Waals surface area contributed by atoms with E-state index in [4.69, 9.17) is 0 Å². The zero-order valence-electron chi connectivity index (χ0n) is 15.8. The number of hydrogen-bond acceptors (Lipinski definition) is 3. The van der Waals surface area contributed by atoms with E-state index in [9.17, 15) is 13.2 Å². The molecule has 0 radical (unpaired) electrons. The Morgan fingerprint density at radius 3 is 2.41 bits per heavy atom. The van der Waals surface area contributed by atoms with Crippen LogP contribution in [0.2, 0.25) is 0 Å². The van der Waals surface area contributed by atoms with Crippen molar-refractivity contribution in [2.24, 2.45) is 10.8 Å². The van der Waals surface area contributed by atoms with E-state index in [0.717, 1.165) is 25.3 Å². The topological polar surface area (TPSA) is 29.0 Å². The normalized spacial score (nSPS) is 27.0. The Kier molecular flexibility index (Phi) is 4.02. The van der Waals surface area contributed by atoms with E-state index < -0.39 is 11.9 Å². The van der Waals surface area contributed by atoms with Gasteiger partial charge in [-0.2, -0.15) is 13.2 Å². The molecule has 4 rings (SSSR count). The molecule has 2 atom stereocenters. The largest absolute Gasteiger partial charge is 0.433 e. The van der Waals surface area contributed by atoms with Crippen LogP contribution >= 0.6 is 0 Å². The highest BCUT2D eigenvalue weighted by molar-refractivity contribution is 5.61. The average Bonchev–Trinajstić information content (AvgIpc) is 2.83. The van der Waals surface area contributed by atoms with Crippen LogP contribution in [0, 0.1) is 10.8 Å². The predicted molar refractivity (Wildman–Crippen MR) is 99.3 cm³/mol. The first-order chi connectivity index (χ1) is 12.5. The van der Waals surface area contributed by atoms with Crippen LogP contribution in [0.5, 0.6) is 0 Å². The Labute approximate surface area is 157 Å². The van der Waals surface area contributed by atoms with Crippen LogP contribution in [0.1, 0.15) is 45.7 Å². The zero-order chi connectivity index (χ0) is 19.4. The predicted octanol–water partition coefficient (Wildman–Crippen LogP) is 5.57. The lowest BCUT2D eigenvalue weighted by Crippen LogP contribution is -2.35. The molecule has 6 heteroatoms. The van der Waals surface area contributed by atoms with E-state index in [2.05, 4.69) is 30.7 Å². The van der Waals surface area contributed by atoms with Crippen molar-refractivity contribution in [2.45, 2.75) is 52.3 Å². The minimum absolute atomic E-state index is 0.0942. The molecule has 2 aromatic rings. The molecule has 144 valence electrons. The van der Waals surface area contributed by atoms with Gasteiger partial charge >= 0.3 is 6.18 Å². The van der Waals surface area contributed by atoms with Crippen molar-refractivity contribution in [3.05, 3.63) is 42.1 Å². The Balaban J connectivity index is 1.79. The molecule has 0 N–H and O–H groups in total. The third kappa shape index (κ3) is 3.54. The number of benzene rings is 1. The fourth-order valence-electron chi connectivity index (χ4n) is 5.16. The van der Waals surface area contributed by atoms with E-state index in [1.54, 1.807) is 24.3 Å². The van der Waals surface area contributed by atoms with Gasteiger partial charge in [0.25, 0.3) is 0 Å². The molecule has 1 aliphatic carbocycles. The summed E-state index contributed by atoms with van der Waals surface area (Å²) < 4.78 is 40.5. The number of nitrogens with zero attached hydrogens (tertiary/aromatic N) is 3. The molecule has 2 fully saturated rings. The van der Waals surface area contributed by atoms with E-state index in [1.807, 2.05) is 11.0 Å². The number of alkyl halides is 3. The molecule has 1 aromatic carbocycles. The fraction of sp³-hybridized carbons (Fsp3) is 0.524. The van der Waals surface area contributed by atoms with Gasteiger partial charge in [-0.1, -0.05) is 51.1 Å². The molecule has 1 aromatic heterocycles. The van der Waals surface area contributed by atoms with E-state index >= 15 is 0 Å². The Morgan fingerprint density at radius 2 is 1.74 bits per heavy atom. The standard InChI is InChI=1S/C21H24F3N3/c1-19(2)10-15-11-20(3,12-19)13-27(15)18-25-16(14-7-5-4-6-8-14)9-17(26-18)21(22,23)24/h4-9,15H,10-13H2,1-3H3/t15-,20+/m1/s1. The summed E-state index contributed by atoms with van der Waals surface area (Å²) in [5.74, 6) is 0.204. The van der Waals surface area contributed by atoms with Gasteiger partial charge < -0.3 is 4.90 Å². The summed E-state index contributed by atoms with van der Waals surface area (Å²) in [6, 6.07) is 10.2. The summed E-state index contributed by atoms with van der Waals surface area (Å²) in [5.41, 5.74) is 0.379. The van der Waals surface area contributed by atoms with Crippen molar-refractivity contribution >= 4 is 5.95 Å². The maximum absolute atomic E-state index is 13.5. The summed E-state index contributed by atoms with van der Waals surface area (Å²) in [6.07, 6.45) is -1.50. The lowest BCUT2D eigenvalue weighted by atomic mass is 9.65. The van der Waals surface area contributed by atoms with Gasteiger partial charge in [0.15, 0.2) is 5.69 Å². The number of hydrogen-bond donors (Lipinski definition) is 0. The molecule has 0 amide bonds. The van der Waals surface area contributed by atoms with Gasteiger partial charge in [-0.05, 0) is 36.2 Å². The zero-order valence-corrected chi connectivity index (χ0v) is 15.8. The Bertz CT molecular complexity index is 847. The number of aromatic nitrogens is 2. The van der Waals surface area contributed by atoms with Crippen LogP contribution in [0.3, 0.4) is 0 Å². The van der Waals surface area contributed by atoms with Crippen molar-refractivity contribution in [1.29, 1.82) is 0 Å². The fourth-order valence-corrected chi connectivity index (χ4v) is 5.16. The molecule has 1 aliphatic heterocycles. The van der Waals surface area contributed by atoms with Crippen LogP contribution < -0.4 is 4.90 Å². The highest BCUT2D eigenvalue weighted by atomic mass is 19.4. The molecule has 27 heavy (non-hydrogen) atoms. The Hall–Kier alpha value is -2.11. The highest BCUT2D eigenvalue weighted by Gasteiger charge is 2.50. The van der Waals surface area contributed by atoms with Crippen LogP contribution in [0.4, 0.5) is 19.1 Å². The van der Waals surface area contributed by atoms with Crippen molar-refractivity contribution in [3.8, 4) is 11.3 Å². The third-order valence-electron chi connectivity index (χ3n) is 5.75. The highest BCUT2D eigenvalue weighted by Crippen LogP contribution is 2.53. The number of anilines is 1. The summed E-state index contributed by atoms with van der Waals surface area (Å²) in [5, 5.41) is 0. The average molecular weight is 375 g/mol. The lowest BCUT2D eigenvalue weighted by Gasteiger charge is -2.39. The van der Waals surface area contributed by atoms with Gasteiger partial charge in [-0.15, -0.1) is 0 Å². The van der Waals surface area contributed by atoms with Gasteiger partial charge in [0, 0.05) is 18.2 Å². The van der Waals surface area contributed by atoms with Gasteiger partial charge in [-0.3, -0.25) is 0 Å². The number of halogens is 3. The van der Waals surface area contributed by atoms with Gasteiger partial charge in [0.2, 0.25) is 5.95 Å². The maximum Gasteiger partial charge on any atom is 0.433 e. The first-order valence-corrected chi connectivity index (χ1v) is 9.33. The molecular weight excluding hydrogens is 351 g/mol. The second-order valence-corrected chi connectivity index (χ2v) is 9.14. The quantitative estimate of drug-likeness (QED) is 0.687. The molecule has 0 spiro atoms. The van der Waals surface area contributed by atoms with Gasteiger partial charge in [-0.25, -0.2) is 9.97 Å². The molecule has 1 saturated heterocycles. The van der Waals surface area contributed by atoms with Crippen molar-refractivity contribution in [3.63, 3.8) is 0 Å². The molecular formula is C21H24F3N3. The van der Waals surface area contributed by atoms with E-state index in [1.165, 1.54) is 0 Å². The molecule has 3 nitrogen and oxygen atoms in total.